The molecule has 13 rings (SSSR count). The molecule has 0 N–H and O–H groups in total. The summed E-state index contributed by atoms with van der Waals surface area (Å²) in [4.78, 5) is 26.3. The molecular weight excluding hydrogens is 889 g/mol. The maximum absolute atomic E-state index is 5.34. The third kappa shape index (κ3) is 8.43. The van der Waals surface area contributed by atoms with E-state index in [1.54, 1.807) is 0 Å². The van der Waals surface area contributed by atoms with Gasteiger partial charge in [-0.2, -0.15) is 0 Å². The van der Waals surface area contributed by atoms with Crippen LogP contribution in [0.25, 0.3) is 129 Å². The van der Waals surface area contributed by atoms with Crippen LogP contribution >= 0.6 is 0 Å². The van der Waals surface area contributed by atoms with Crippen molar-refractivity contribution in [3.05, 3.63) is 267 Å². The Morgan fingerprint density at radius 1 is 0.233 bits per heavy atom. The molecule has 3 aromatic heterocycles. The van der Waals surface area contributed by atoms with Crippen LogP contribution in [-0.2, 0) is 0 Å². The normalized spacial score (nSPS) is 11.3. The Morgan fingerprint density at radius 2 is 0.616 bits per heavy atom. The maximum atomic E-state index is 5.34. The van der Waals surface area contributed by atoms with Crippen molar-refractivity contribution in [3.8, 4) is 107 Å². The summed E-state index contributed by atoms with van der Waals surface area (Å²) in [6.45, 7) is 0. The highest BCUT2D eigenvalue weighted by molar-refractivity contribution is 6.16. The summed E-state index contributed by atoms with van der Waals surface area (Å²) in [6.07, 6.45) is 0. The lowest BCUT2D eigenvalue weighted by molar-refractivity contribution is 0.996. The van der Waals surface area contributed by atoms with Crippen LogP contribution in [0, 0.1) is 0 Å². The van der Waals surface area contributed by atoms with Crippen LogP contribution < -0.4 is 0 Å². The fourth-order valence-corrected chi connectivity index (χ4v) is 9.91. The molecule has 0 aliphatic carbocycles. The lowest BCUT2D eigenvalue weighted by atomic mass is 9.96. The number of benzene rings is 10. The number of nitrogens with zero attached hydrogens (tertiary/aromatic N) is 6. The highest BCUT2D eigenvalue weighted by atomic mass is 15.2. The smallest absolute Gasteiger partial charge is 0.235 e. The third-order valence-electron chi connectivity index (χ3n) is 13.5. The van der Waals surface area contributed by atoms with Gasteiger partial charge in [-0.25, -0.2) is 24.9 Å². The summed E-state index contributed by atoms with van der Waals surface area (Å²) >= 11 is 0. The zero-order valence-corrected chi connectivity index (χ0v) is 39.6. The second-order valence-electron chi connectivity index (χ2n) is 18.1. The zero-order chi connectivity index (χ0) is 48.5. The van der Waals surface area contributed by atoms with Crippen molar-refractivity contribution >= 4 is 21.8 Å². The van der Waals surface area contributed by atoms with Gasteiger partial charge in [0.15, 0.2) is 17.5 Å². The van der Waals surface area contributed by atoms with E-state index in [9.17, 15) is 0 Å². The number of hydrogen-bond acceptors (Lipinski definition) is 5. The van der Waals surface area contributed by atoms with Gasteiger partial charge in [0.25, 0.3) is 0 Å². The molecule has 0 amide bonds. The monoisotopic (exact) mass is 932 g/mol. The average Bonchev–Trinajstić information content (AvgIpc) is 3.82. The van der Waals surface area contributed by atoms with Gasteiger partial charge in [-0.3, -0.25) is 4.57 Å². The minimum absolute atomic E-state index is 0.586. The summed E-state index contributed by atoms with van der Waals surface area (Å²) in [5.41, 5.74) is 17.3. The SMILES string of the molecule is c1ccc(-c2cccc(-c3cccc(-c4nc(-c5ccccc5)nc(-c5cccc(-c6cccc7c6c6cc(-c8ccccc8)ccc6n7-c6nc(-c7ccccc7)cc(-c7ccccc7)n6)c5)n4)c3)c2)cc1. The van der Waals surface area contributed by atoms with E-state index in [0.717, 1.165) is 100.0 Å². The molecule has 0 radical (unpaired) electrons. The van der Waals surface area contributed by atoms with E-state index in [1.165, 1.54) is 5.56 Å². The Balaban J connectivity index is 0.977. The van der Waals surface area contributed by atoms with Crippen molar-refractivity contribution in [3.63, 3.8) is 0 Å². The van der Waals surface area contributed by atoms with Gasteiger partial charge in [0.1, 0.15) is 0 Å². The highest BCUT2D eigenvalue weighted by Crippen LogP contribution is 2.41. The van der Waals surface area contributed by atoms with Crippen LogP contribution in [0.15, 0.2) is 267 Å². The van der Waals surface area contributed by atoms with Crippen LogP contribution in [-0.4, -0.2) is 29.5 Å². The Labute approximate surface area is 423 Å². The molecule has 0 unspecified atom stereocenters. The van der Waals surface area contributed by atoms with E-state index in [0.29, 0.717) is 23.4 Å². The topological polar surface area (TPSA) is 69.4 Å². The molecule has 0 saturated heterocycles. The minimum Gasteiger partial charge on any atom is -0.278 e. The van der Waals surface area contributed by atoms with Crippen molar-refractivity contribution in [1.82, 2.24) is 29.5 Å². The third-order valence-corrected chi connectivity index (χ3v) is 13.5. The predicted octanol–water partition coefficient (Wildman–Crippen LogP) is 16.8. The van der Waals surface area contributed by atoms with Gasteiger partial charge in [-0.15, -0.1) is 0 Å². The van der Waals surface area contributed by atoms with Crippen LogP contribution in [0.1, 0.15) is 0 Å². The van der Waals surface area contributed by atoms with E-state index in [4.69, 9.17) is 24.9 Å². The molecule has 3 heterocycles. The van der Waals surface area contributed by atoms with Gasteiger partial charge < -0.3 is 0 Å². The average molecular weight is 933 g/mol. The van der Waals surface area contributed by atoms with Crippen LogP contribution in [0.3, 0.4) is 0 Å². The Kier molecular flexibility index (Phi) is 11.1. The molecule has 73 heavy (non-hydrogen) atoms. The van der Waals surface area contributed by atoms with Crippen LogP contribution in [0.2, 0.25) is 0 Å². The minimum atomic E-state index is 0.586. The quantitative estimate of drug-likeness (QED) is 0.137. The maximum Gasteiger partial charge on any atom is 0.235 e. The van der Waals surface area contributed by atoms with Crippen LogP contribution in [0.5, 0.6) is 0 Å². The van der Waals surface area contributed by atoms with Crippen LogP contribution in [0.4, 0.5) is 0 Å². The Hall–Kier alpha value is -9.91. The summed E-state index contributed by atoms with van der Waals surface area (Å²) in [5, 5.41) is 2.19. The van der Waals surface area contributed by atoms with Crippen molar-refractivity contribution in [2.45, 2.75) is 0 Å². The van der Waals surface area contributed by atoms with Gasteiger partial charge in [0, 0.05) is 38.6 Å². The number of fused-ring (bicyclic) bond motifs is 3. The molecule has 0 saturated carbocycles. The molecule has 13 aromatic rings. The Morgan fingerprint density at radius 3 is 1.15 bits per heavy atom. The standard InChI is InChI=1S/C67H44N6/c1-6-20-45(21-7-1)50-30-16-31-51(40-50)52-32-17-34-55(41-52)65-70-64(49-28-14-5-15-29-49)71-66(72-65)56-35-18-33-54(42-56)57-36-19-37-62-63(57)58-43-53(46-22-8-2-9-23-46)38-39-61(58)73(62)67-68-59(47-24-10-3-11-25-47)44-60(69-67)48-26-12-4-13-27-48/h1-44H. The number of hydrogen-bond donors (Lipinski definition) is 0. The van der Waals surface area contributed by atoms with Crippen molar-refractivity contribution in [2.75, 3.05) is 0 Å². The highest BCUT2D eigenvalue weighted by Gasteiger charge is 2.21. The molecule has 6 heteroatoms. The number of rotatable bonds is 10. The summed E-state index contributed by atoms with van der Waals surface area (Å²) in [7, 11) is 0. The molecule has 0 fully saturated rings. The largest absolute Gasteiger partial charge is 0.278 e. The molecule has 6 nitrogen and oxygen atoms in total. The summed E-state index contributed by atoms with van der Waals surface area (Å²) < 4.78 is 2.22. The van der Waals surface area contributed by atoms with Gasteiger partial charge in [-0.1, -0.05) is 224 Å². The van der Waals surface area contributed by atoms with E-state index in [1.807, 2.05) is 48.5 Å². The first-order chi connectivity index (χ1) is 36.2. The van der Waals surface area contributed by atoms with Crippen molar-refractivity contribution < 1.29 is 0 Å². The summed E-state index contributed by atoms with van der Waals surface area (Å²) in [5.74, 6) is 2.38. The second kappa shape index (κ2) is 18.8. The van der Waals surface area contributed by atoms with Crippen molar-refractivity contribution in [2.24, 2.45) is 0 Å². The molecule has 0 aliphatic heterocycles. The van der Waals surface area contributed by atoms with Gasteiger partial charge in [0.05, 0.1) is 22.4 Å². The fraction of sp³-hybridized carbons (Fsp3) is 0. The van der Waals surface area contributed by atoms with E-state index >= 15 is 0 Å². The van der Waals surface area contributed by atoms with E-state index in [-0.39, 0.29) is 0 Å². The van der Waals surface area contributed by atoms with E-state index in [2.05, 4.69) is 223 Å². The Bertz CT molecular complexity index is 4060. The lowest BCUT2D eigenvalue weighted by Gasteiger charge is -2.12. The number of aromatic nitrogens is 6. The molecule has 0 spiro atoms. The molecule has 0 aliphatic rings. The predicted molar refractivity (Wildman–Crippen MR) is 299 cm³/mol. The van der Waals surface area contributed by atoms with Gasteiger partial charge >= 0.3 is 0 Å². The first-order valence-corrected chi connectivity index (χ1v) is 24.5. The molecule has 10 aromatic carbocycles. The van der Waals surface area contributed by atoms with Crippen molar-refractivity contribution in [1.29, 1.82) is 0 Å². The lowest BCUT2D eigenvalue weighted by Crippen LogP contribution is -2.04. The summed E-state index contributed by atoms with van der Waals surface area (Å²) in [6, 6.07) is 92.9. The molecular formula is C67H44N6. The molecule has 342 valence electrons. The first-order valence-electron chi connectivity index (χ1n) is 24.5. The second-order valence-corrected chi connectivity index (χ2v) is 18.1. The fourth-order valence-electron chi connectivity index (χ4n) is 9.91. The first kappa shape index (κ1) is 43.1. The molecule has 0 bridgehead atoms. The van der Waals surface area contributed by atoms with Gasteiger partial charge in [0.2, 0.25) is 5.95 Å². The zero-order valence-electron chi connectivity index (χ0n) is 39.6. The van der Waals surface area contributed by atoms with Gasteiger partial charge in [-0.05, 0) is 87.0 Å². The molecule has 0 atom stereocenters. The van der Waals surface area contributed by atoms with E-state index < -0.39 is 0 Å².